The maximum absolute atomic E-state index is 11.4. The lowest BCUT2D eigenvalue weighted by molar-refractivity contribution is -0.194. The van der Waals surface area contributed by atoms with Gasteiger partial charge >= 0.3 is 5.92 Å². The summed E-state index contributed by atoms with van der Waals surface area (Å²) in [6.07, 6.45) is 1.11. The van der Waals surface area contributed by atoms with Crippen molar-refractivity contribution in [2.45, 2.75) is 32.7 Å². The third-order valence-corrected chi connectivity index (χ3v) is 4.57. The lowest BCUT2D eigenvalue weighted by Crippen LogP contribution is -2.23. The third-order valence-electron chi connectivity index (χ3n) is 4.57. The Morgan fingerprint density at radius 2 is 1.91 bits per heavy atom. The number of carbonyl (C=O) groups excluding carboxylic acids is 1. The number of ether oxygens (including phenoxy) is 1. The van der Waals surface area contributed by atoms with Gasteiger partial charge in [0, 0.05) is 18.1 Å². The fourth-order valence-corrected chi connectivity index (χ4v) is 2.90. The summed E-state index contributed by atoms with van der Waals surface area (Å²) in [5, 5.41) is 14.6. The van der Waals surface area contributed by atoms with Gasteiger partial charge in [-0.15, -0.1) is 0 Å². The molecule has 0 saturated heterocycles. The molecule has 0 aliphatic heterocycles. The van der Waals surface area contributed by atoms with Crippen LogP contribution < -0.4 is 4.74 Å². The van der Waals surface area contributed by atoms with Crippen LogP contribution in [0.25, 0.3) is 10.9 Å². The zero-order valence-corrected chi connectivity index (χ0v) is 19.6. The molecule has 34 heavy (non-hydrogen) atoms. The smallest absolute Gasteiger partial charge is 0.328 e. The first-order valence-corrected chi connectivity index (χ1v) is 10.3. The van der Waals surface area contributed by atoms with Crippen LogP contribution in [-0.4, -0.2) is 48.5 Å². The van der Waals surface area contributed by atoms with E-state index in [-0.39, 0.29) is 6.04 Å². The molecule has 0 radical (unpaired) electrons. The van der Waals surface area contributed by atoms with E-state index in [4.69, 9.17) is 10.00 Å². The number of nitriles is 1. The molecule has 0 bridgehead atoms. The molecule has 1 heterocycles. The Kier molecular flexibility index (Phi) is 11.5. The number of halogens is 3. The van der Waals surface area contributed by atoms with Crippen LogP contribution in [0.4, 0.5) is 13.3 Å². The summed E-state index contributed by atoms with van der Waals surface area (Å²) in [5.74, 6) is -2.87. The highest BCUT2D eigenvalue weighted by molar-refractivity contribution is 5.91. The molecule has 1 aromatic heterocycles. The molecular weight excluding hydrogens is 449 g/mol. The maximum Gasteiger partial charge on any atom is 0.328 e. The van der Waals surface area contributed by atoms with Crippen LogP contribution in [0.5, 0.6) is 5.75 Å². The van der Waals surface area contributed by atoms with Crippen LogP contribution in [0.3, 0.4) is 0 Å². The van der Waals surface area contributed by atoms with Crippen molar-refractivity contribution in [1.82, 2.24) is 9.78 Å². The molecule has 1 atom stereocenters. The van der Waals surface area contributed by atoms with Gasteiger partial charge in [-0.05, 0) is 47.3 Å². The van der Waals surface area contributed by atoms with Gasteiger partial charge in [0.05, 0.1) is 30.5 Å². The van der Waals surface area contributed by atoms with Gasteiger partial charge in [-0.3, -0.25) is 14.5 Å². The van der Waals surface area contributed by atoms with E-state index in [1.54, 1.807) is 20.4 Å². The second kappa shape index (κ2) is 13.7. The SMILES string of the molecule is CC.CN=C(C)[C@@H](c1ccc(OC)cc1)n1ncc2cc(C#N)ccc21.O=CC(F)(F)COF. The summed E-state index contributed by atoms with van der Waals surface area (Å²) in [6, 6.07) is 15.6. The van der Waals surface area contributed by atoms with Gasteiger partial charge in [0.15, 0.2) is 12.9 Å². The summed E-state index contributed by atoms with van der Waals surface area (Å²) >= 11 is 0. The van der Waals surface area contributed by atoms with Gasteiger partial charge in [-0.25, -0.2) is 0 Å². The van der Waals surface area contributed by atoms with Gasteiger partial charge in [0.2, 0.25) is 0 Å². The number of hydrogen-bond donors (Lipinski definition) is 0. The predicted molar refractivity (Wildman–Crippen MR) is 124 cm³/mol. The highest BCUT2D eigenvalue weighted by Crippen LogP contribution is 2.27. The number of benzene rings is 2. The molecule has 3 rings (SSSR count). The molecule has 0 spiro atoms. The maximum atomic E-state index is 11.4. The second-order valence-electron chi connectivity index (χ2n) is 6.65. The number of carbonyl (C=O) groups is 1. The van der Waals surface area contributed by atoms with Crippen LogP contribution in [0.15, 0.2) is 53.7 Å². The molecule has 7 nitrogen and oxygen atoms in total. The second-order valence-corrected chi connectivity index (χ2v) is 6.65. The molecule has 10 heteroatoms. The minimum atomic E-state index is -3.69. The fourth-order valence-electron chi connectivity index (χ4n) is 2.90. The average molecular weight is 476 g/mol. The molecule has 2 aromatic carbocycles. The summed E-state index contributed by atoms with van der Waals surface area (Å²) in [7, 11) is 3.43. The quantitative estimate of drug-likeness (QED) is 0.339. The summed E-state index contributed by atoms with van der Waals surface area (Å²) < 4.78 is 40.6. The van der Waals surface area contributed by atoms with E-state index in [1.807, 2.05) is 67.9 Å². The Bertz CT molecular complexity index is 1120. The van der Waals surface area contributed by atoms with Crippen molar-refractivity contribution >= 4 is 22.9 Å². The van der Waals surface area contributed by atoms with E-state index in [9.17, 15) is 18.1 Å². The van der Waals surface area contributed by atoms with Crippen molar-refractivity contribution in [3.63, 3.8) is 0 Å². The first-order chi connectivity index (χ1) is 16.3. The number of methoxy groups -OCH3 is 1. The van der Waals surface area contributed by atoms with E-state index < -0.39 is 18.8 Å². The number of rotatable bonds is 7. The van der Waals surface area contributed by atoms with E-state index >= 15 is 0 Å². The Morgan fingerprint density at radius 3 is 2.38 bits per heavy atom. The highest BCUT2D eigenvalue weighted by Gasteiger charge is 2.28. The number of fused-ring (bicyclic) bond motifs is 1. The normalized spacial score (nSPS) is 11.9. The molecule has 0 fully saturated rings. The van der Waals surface area contributed by atoms with Crippen molar-refractivity contribution in [3.05, 3.63) is 59.8 Å². The number of hydrogen-bond acceptors (Lipinski definition) is 6. The monoisotopic (exact) mass is 476 g/mol. The van der Waals surface area contributed by atoms with Crippen molar-refractivity contribution in [1.29, 1.82) is 5.26 Å². The Balaban J connectivity index is 0.000000493. The molecule has 0 aliphatic rings. The summed E-state index contributed by atoms with van der Waals surface area (Å²) in [4.78, 5) is 16.1. The summed E-state index contributed by atoms with van der Waals surface area (Å²) in [5.41, 5.74) is 3.63. The topological polar surface area (TPSA) is 89.5 Å². The van der Waals surface area contributed by atoms with Crippen molar-refractivity contribution in [3.8, 4) is 11.8 Å². The fraction of sp³-hybridized carbons (Fsp3) is 0.333. The number of alkyl halides is 2. The van der Waals surface area contributed by atoms with Crippen LogP contribution >= 0.6 is 0 Å². The predicted octanol–water partition coefficient (Wildman–Crippen LogP) is 5.34. The largest absolute Gasteiger partial charge is 0.497 e. The van der Waals surface area contributed by atoms with E-state index in [2.05, 4.69) is 21.1 Å². The zero-order valence-electron chi connectivity index (χ0n) is 19.6. The minimum Gasteiger partial charge on any atom is -0.497 e. The minimum absolute atomic E-state index is 0.105. The van der Waals surface area contributed by atoms with Crippen molar-refractivity contribution < 1.29 is 27.8 Å². The molecule has 0 aliphatic carbocycles. The first-order valence-electron chi connectivity index (χ1n) is 10.3. The number of aliphatic imine (C=N–C) groups is 1. The van der Waals surface area contributed by atoms with Crippen molar-refractivity contribution in [2.24, 2.45) is 4.99 Å². The summed E-state index contributed by atoms with van der Waals surface area (Å²) in [6.45, 7) is 4.49. The standard InChI is InChI=1S/C19H18N4O.C3H3F3O2.C2H6/c1-13(21-2)19(15-5-7-17(24-3)8-6-15)23-18-9-4-14(11-20)10-16(18)12-22-23;4-3(5,1-7)2-8-6;1-2/h4-10,12,19H,1-3H3;1H,2H2;1-2H3/t19-;;/m0../s1. The highest BCUT2D eigenvalue weighted by atomic mass is 19.3. The molecule has 3 aromatic rings. The first kappa shape index (κ1) is 28.3. The number of nitrogens with zero attached hydrogens (tertiary/aromatic N) is 4. The Labute approximate surface area is 196 Å². The molecule has 0 amide bonds. The van der Waals surface area contributed by atoms with Gasteiger partial charge < -0.3 is 4.74 Å². The van der Waals surface area contributed by atoms with Crippen LogP contribution in [0, 0.1) is 11.3 Å². The van der Waals surface area contributed by atoms with Crippen molar-refractivity contribution in [2.75, 3.05) is 20.8 Å². The van der Waals surface area contributed by atoms with E-state index in [0.29, 0.717) is 5.56 Å². The van der Waals surface area contributed by atoms with E-state index in [0.717, 1.165) is 27.9 Å². The molecule has 0 saturated carbocycles. The van der Waals surface area contributed by atoms with Crippen LogP contribution in [0.1, 0.15) is 37.9 Å². The van der Waals surface area contributed by atoms with E-state index in [1.165, 1.54) is 0 Å². The van der Waals surface area contributed by atoms with Crippen LogP contribution in [-0.2, 0) is 9.74 Å². The van der Waals surface area contributed by atoms with Gasteiger partial charge in [-0.2, -0.15) is 24.1 Å². The Morgan fingerprint density at radius 1 is 1.26 bits per heavy atom. The molecule has 182 valence electrons. The lowest BCUT2D eigenvalue weighted by atomic mass is 10.0. The molecule has 0 N–H and O–H groups in total. The zero-order chi connectivity index (χ0) is 25.7. The average Bonchev–Trinajstić information content (AvgIpc) is 3.28. The third kappa shape index (κ3) is 7.42. The lowest BCUT2D eigenvalue weighted by Gasteiger charge is -2.19. The molecular formula is C24H27F3N4O3. The number of aldehydes is 1. The number of aromatic nitrogens is 2. The molecule has 0 unspecified atom stereocenters. The van der Waals surface area contributed by atoms with Gasteiger partial charge in [0.1, 0.15) is 11.8 Å². The van der Waals surface area contributed by atoms with Crippen LogP contribution in [0.2, 0.25) is 0 Å². The van der Waals surface area contributed by atoms with Gasteiger partial charge in [0.25, 0.3) is 0 Å². The Hall–Kier alpha value is -3.71. The van der Waals surface area contributed by atoms with Gasteiger partial charge in [-0.1, -0.05) is 26.0 Å².